The van der Waals surface area contributed by atoms with Crippen molar-refractivity contribution in [3.63, 3.8) is 0 Å². The lowest BCUT2D eigenvalue weighted by molar-refractivity contribution is -0.141. The van der Waals surface area contributed by atoms with Crippen molar-refractivity contribution in [2.75, 3.05) is 26.2 Å². The molecule has 0 bridgehead atoms. The van der Waals surface area contributed by atoms with E-state index >= 15 is 0 Å². The Hall–Kier alpha value is -3.37. The van der Waals surface area contributed by atoms with Gasteiger partial charge in [0, 0.05) is 35.7 Å². The van der Waals surface area contributed by atoms with Gasteiger partial charge in [0.25, 0.3) is 0 Å². The van der Waals surface area contributed by atoms with Crippen molar-refractivity contribution in [3.05, 3.63) is 75.2 Å². The maximum Gasteiger partial charge on any atom is 0.426 e. The first kappa shape index (κ1) is 25.3. The summed E-state index contributed by atoms with van der Waals surface area (Å²) in [6.45, 7) is 1.66. The van der Waals surface area contributed by atoms with Crippen molar-refractivity contribution >= 4 is 23.4 Å². The van der Waals surface area contributed by atoms with E-state index in [1.165, 1.54) is 18.2 Å². The number of rotatable bonds is 7. The number of carboxylic acid groups (broad SMARTS) is 1. The minimum atomic E-state index is -4.51. The second-order valence-corrected chi connectivity index (χ2v) is 10.2. The Morgan fingerprint density at radius 3 is 2.68 bits per heavy atom. The Kier molecular flexibility index (Phi) is 6.96. The summed E-state index contributed by atoms with van der Waals surface area (Å²) in [5.74, 6) is -1.33. The molecule has 0 radical (unpaired) electrons. The van der Waals surface area contributed by atoms with Crippen LogP contribution in [0.5, 0.6) is 11.5 Å². The Morgan fingerprint density at radius 2 is 1.97 bits per heavy atom. The molecular formula is C27H23F4NO4S. The van der Waals surface area contributed by atoms with Crippen LogP contribution in [0.15, 0.2) is 54.1 Å². The van der Waals surface area contributed by atoms with Gasteiger partial charge in [-0.1, -0.05) is 30.3 Å². The lowest BCUT2D eigenvalue weighted by Crippen LogP contribution is -2.27. The number of likely N-dealkylation sites (tertiary alicyclic amines) is 1. The number of carboxylic acids is 1. The van der Waals surface area contributed by atoms with Crippen LogP contribution < -0.4 is 9.47 Å². The molecule has 1 fully saturated rings. The lowest BCUT2D eigenvalue weighted by atomic mass is 10.1. The fourth-order valence-electron chi connectivity index (χ4n) is 4.59. The molecule has 1 unspecified atom stereocenters. The van der Waals surface area contributed by atoms with E-state index < -0.39 is 28.8 Å². The third-order valence-electron chi connectivity index (χ3n) is 6.38. The Labute approximate surface area is 214 Å². The number of alkyl halides is 3. The van der Waals surface area contributed by atoms with Crippen LogP contribution in [0.4, 0.5) is 17.6 Å². The van der Waals surface area contributed by atoms with Crippen molar-refractivity contribution < 1.29 is 36.9 Å². The normalized spacial score (nSPS) is 17.7. The number of hydrogen-bond donors (Lipinski definition) is 1. The van der Waals surface area contributed by atoms with Crippen LogP contribution in [-0.2, 0) is 17.6 Å². The Bertz CT molecular complexity index is 1340. The van der Waals surface area contributed by atoms with Crippen LogP contribution in [-0.4, -0.2) is 42.2 Å². The molecule has 0 saturated carbocycles. The molecule has 3 aromatic rings. The molecule has 3 heterocycles. The van der Waals surface area contributed by atoms with Crippen LogP contribution in [0.25, 0.3) is 17.2 Å². The zero-order valence-corrected chi connectivity index (χ0v) is 20.4. The molecule has 2 aliphatic heterocycles. The summed E-state index contributed by atoms with van der Waals surface area (Å²) in [4.78, 5) is 12.8. The largest absolute Gasteiger partial charge is 0.488 e. The third kappa shape index (κ3) is 5.65. The molecule has 0 aliphatic carbocycles. The lowest BCUT2D eigenvalue weighted by Gasteiger charge is -2.23. The van der Waals surface area contributed by atoms with Crippen LogP contribution >= 0.6 is 11.3 Å². The number of carbonyl (C=O) groups is 1. The first-order chi connectivity index (χ1) is 17.7. The van der Waals surface area contributed by atoms with E-state index in [1.54, 1.807) is 36.4 Å². The number of fused-ring (bicyclic) bond motifs is 1. The highest BCUT2D eigenvalue weighted by molar-refractivity contribution is 7.12. The second kappa shape index (κ2) is 10.2. The fourth-order valence-corrected chi connectivity index (χ4v) is 5.55. The summed E-state index contributed by atoms with van der Waals surface area (Å²) in [6.07, 6.45) is -2.22. The minimum absolute atomic E-state index is 0.0852. The van der Waals surface area contributed by atoms with Gasteiger partial charge in [-0.2, -0.15) is 13.2 Å². The molecule has 2 aromatic carbocycles. The van der Waals surface area contributed by atoms with E-state index in [4.69, 9.17) is 9.47 Å². The third-order valence-corrected chi connectivity index (χ3v) is 7.53. The molecular weight excluding hydrogens is 510 g/mol. The second-order valence-electron chi connectivity index (χ2n) is 9.08. The van der Waals surface area contributed by atoms with Crippen LogP contribution in [0.3, 0.4) is 0 Å². The number of aliphatic carboxylic acids is 1. The molecule has 194 valence electrons. The number of benzene rings is 2. The molecule has 1 atom stereocenters. The number of ether oxygens (including phenoxy) is 2. The highest BCUT2D eigenvalue weighted by Crippen LogP contribution is 2.43. The molecule has 5 rings (SSSR count). The van der Waals surface area contributed by atoms with Gasteiger partial charge in [0.05, 0.1) is 11.5 Å². The monoisotopic (exact) mass is 533 g/mol. The summed E-state index contributed by atoms with van der Waals surface area (Å²) in [7, 11) is 0. The molecule has 5 nitrogen and oxygen atoms in total. The Morgan fingerprint density at radius 1 is 1.19 bits per heavy atom. The number of hydrogen-bond acceptors (Lipinski definition) is 5. The summed E-state index contributed by atoms with van der Waals surface area (Å²) in [6, 6.07) is 12.5. The molecule has 0 amide bonds. The summed E-state index contributed by atoms with van der Waals surface area (Å²) < 4.78 is 67.2. The summed E-state index contributed by atoms with van der Waals surface area (Å²) >= 11 is 0.605. The van der Waals surface area contributed by atoms with Gasteiger partial charge in [-0.15, -0.1) is 11.3 Å². The van der Waals surface area contributed by atoms with E-state index in [-0.39, 0.29) is 35.8 Å². The number of nitrogens with zero attached hydrogens (tertiary/aromatic N) is 1. The predicted octanol–water partition coefficient (Wildman–Crippen LogP) is 6.33. The van der Waals surface area contributed by atoms with Crippen molar-refractivity contribution in [2.24, 2.45) is 5.92 Å². The van der Waals surface area contributed by atoms with Gasteiger partial charge in [0.2, 0.25) is 0 Å². The summed E-state index contributed by atoms with van der Waals surface area (Å²) in [5.41, 5.74) is 1.64. The minimum Gasteiger partial charge on any atom is -0.488 e. The molecule has 37 heavy (non-hydrogen) atoms. The molecule has 2 aliphatic rings. The van der Waals surface area contributed by atoms with Crippen molar-refractivity contribution in [1.29, 1.82) is 0 Å². The van der Waals surface area contributed by atoms with Gasteiger partial charge in [-0.05, 0) is 36.2 Å². The molecule has 10 heteroatoms. The average molecular weight is 534 g/mol. The van der Waals surface area contributed by atoms with Crippen molar-refractivity contribution in [3.8, 4) is 22.6 Å². The van der Waals surface area contributed by atoms with Crippen molar-refractivity contribution in [1.82, 2.24) is 4.90 Å². The predicted molar refractivity (Wildman–Crippen MR) is 131 cm³/mol. The maximum absolute atomic E-state index is 14.9. The zero-order valence-electron chi connectivity index (χ0n) is 19.6. The van der Waals surface area contributed by atoms with Gasteiger partial charge < -0.3 is 14.6 Å². The molecule has 1 saturated heterocycles. The standard InChI is InChI=1S/C27H23F4NO4S/c28-23-9-19(10-24-22(23)8-16(14-36-24)12-32-7-6-18(13-32)26(33)34)35-15-20-11-21(17-4-2-1-3-5-17)25(37-20)27(29,30)31/h1-5,8-11,18H,6-7,12-15H2,(H,33,34). The topological polar surface area (TPSA) is 59.0 Å². The SMILES string of the molecule is O=C(O)C1CCN(CC2=Cc3c(F)cc(OCc4cc(-c5ccccc5)c(C(F)(F)F)s4)cc3OC2)C1. The first-order valence-corrected chi connectivity index (χ1v) is 12.5. The smallest absolute Gasteiger partial charge is 0.426 e. The van der Waals surface area contributed by atoms with Gasteiger partial charge in [-0.3, -0.25) is 9.69 Å². The molecule has 1 aromatic heterocycles. The van der Waals surface area contributed by atoms with E-state index in [0.29, 0.717) is 47.8 Å². The summed E-state index contributed by atoms with van der Waals surface area (Å²) in [5, 5.41) is 9.17. The van der Waals surface area contributed by atoms with Crippen LogP contribution in [0, 0.1) is 11.7 Å². The quantitative estimate of drug-likeness (QED) is 0.360. The Balaban J connectivity index is 1.29. The van der Waals surface area contributed by atoms with E-state index in [1.807, 2.05) is 4.90 Å². The fraction of sp³-hybridized carbons (Fsp3) is 0.296. The maximum atomic E-state index is 14.9. The van der Waals surface area contributed by atoms with Crippen molar-refractivity contribution in [2.45, 2.75) is 19.2 Å². The highest BCUT2D eigenvalue weighted by Gasteiger charge is 2.36. The van der Waals surface area contributed by atoms with Gasteiger partial charge in [0.15, 0.2) is 0 Å². The molecule has 0 spiro atoms. The highest BCUT2D eigenvalue weighted by atomic mass is 32.1. The number of thiophene rings is 1. The first-order valence-electron chi connectivity index (χ1n) is 11.7. The van der Waals surface area contributed by atoms with Crippen LogP contribution in [0.2, 0.25) is 0 Å². The van der Waals surface area contributed by atoms with E-state index in [9.17, 15) is 27.5 Å². The van der Waals surface area contributed by atoms with Gasteiger partial charge in [-0.25, -0.2) is 4.39 Å². The van der Waals surface area contributed by atoms with E-state index in [2.05, 4.69) is 0 Å². The van der Waals surface area contributed by atoms with Gasteiger partial charge >= 0.3 is 12.1 Å². The zero-order chi connectivity index (χ0) is 26.2. The van der Waals surface area contributed by atoms with E-state index in [0.717, 1.165) is 5.57 Å². The average Bonchev–Trinajstić information content (AvgIpc) is 3.51. The molecule has 1 N–H and O–H groups in total. The van der Waals surface area contributed by atoms with Crippen LogP contribution in [0.1, 0.15) is 21.7 Å². The van der Waals surface area contributed by atoms with Gasteiger partial charge in [0.1, 0.15) is 35.4 Å². The number of halogens is 4.